The highest BCUT2D eigenvalue weighted by atomic mass is 79.9. The number of nitrogens with zero attached hydrogens (tertiary/aromatic N) is 1. The van der Waals surface area contributed by atoms with Crippen molar-refractivity contribution in [3.05, 3.63) is 68.1 Å². The van der Waals surface area contributed by atoms with Crippen molar-refractivity contribution in [1.29, 1.82) is 0 Å². The van der Waals surface area contributed by atoms with E-state index in [-0.39, 0.29) is 5.75 Å². The van der Waals surface area contributed by atoms with Crippen LogP contribution >= 0.6 is 31.9 Å². The van der Waals surface area contributed by atoms with Gasteiger partial charge < -0.3 is 9.94 Å². The van der Waals surface area contributed by atoms with Crippen LogP contribution in [0.15, 0.2) is 62.1 Å². The smallest absolute Gasteiger partial charge is 0.368 e. The number of rotatable bonds is 2. The Morgan fingerprint density at radius 2 is 1.86 bits per heavy atom. The van der Waals surface area contributed by atoms with Gasteiger partial charge in [0.2, 0.25) is 0 Å². The zero-order valence-electron chi connectivity index (χ0n) is 11.1. The lowest BCUT2D eigenvalue weighted by molar-refractivity contribution is -0.136. The van der Waals surface area contributed by atoms with E-state index in [2.05, 4.69) is 37.0 Å². The van der Waals surface area contributed by atoms with Gasteiger partial charge in [-0.3, -0.25) is 0 Å². The fourth-order valence-corrected chi connectivity index (χ4v) is 3.32. The van der Waals surface area contributed by atoms with Crippen molar-refractivity contribution in [2.45, 2.75) is 0 Å². The lowest BCUT2D eigenvalue weighted by Gasteiger charge is -2.05. The first kappa shape index (κ1) is 15.0. The molecular formula is C16H9Br2NO3. The van der Waals surface area contributed by atoms with Crippen LogP contribution in [0.5, 0.6) is 5.75 Å². The first-order chi connectivity index (χ1) is 10.6. The molecule has 0 atom stereocenters. The Kier molecular flexibility index (Phi) is 4.13. The normalized spacial score (nSPS) is 15.8. The molecule has 22 heavy (non-hydrogen) atoms. The number of phenols is 1. The van der Waals surface area contributed by atoms with Gasteiger partial charge in [-0.05, 0) is 34.1 Å². The monoisotopic (exact) mass is 421 g/mol. The second-order valence-electron chi connectivity index (χ2n) is 4.57. The molecular weight excluding hydrogens is 414 g/mol. The SMILES string of the molecule is O=C1ON=C(c2ccccc2)/C1=C/c1cc(Br)cc(Br)c1O. The van der Waals surface area contributed by atoms with Crippen LogP contribution in [-0.2, 0) is 9.63 Å². The van der Waals surface area contributed by atoms with Crippen LogP contribution in [0.3, 0.4) is 0 Å². The summed E-state index contributed by atoms with van der Waals surface area (Å²) in [5, 5.41) is 14.0. The van der Waals surface area contributed by atoms with Gasteiger partial charge in [0, 0.05) is 15.6 Å². The zero-order valence-corrected chi connectivity index (χ0v) is 14.3. The molecule has 3 rings (SSSR count). The van der Waals surface area contributed by atoms with Gasteiger partial charge in [-0.2, -0.15) is 0 Å². The molecule has 2 aromatic carbocycles. The molecule has 1 heterocycles. The van der Waals surface area contributed by atoms with Gasteiger partial charge in [-0.25, -0.2) is 4.79 Å². The second-order valence-corrected chi connectivity index (χ2v) is 6.34. The van der Waals surface area contributed by atoms with Crippen molar-refractivity contribution in [3.63, 3.8) is 0 Å². The van der Waals surface area contributed by atoms with Gasteiger partial charge in [-0.15, -0.1) is 0 Å². The number of oxime groups is 1. The van der Waals surface area contributed by atoms with Gasteiger partial charge in [0.05, 0.1) is 10.0 Å². The predicted molar refractivity (Wildman–Crippen MR) is 90.6 cm³/mol. The van der Waals surface area contributed by atoms with Crippen LogP contribution in [0, 0.1) is 0 Å². The first-order valence-corrected chi connectivity index (χ1v) is 7.89. The number of phenolic OH excluding ortho intramolecular Hbond substituents is 1. The Morgan fingerprint density at radius 3 is 2.59 bits per heavy atom. The molecule has 0 amide bonds. The summed E-state index contributed by atoms with van der Waals surface area (Å²) in [7, 11) is 0. The molecule has 2 aromatic rings. The minimum absolute atomic E-state index is 0.0443. The molecule has 0 radical (unpaired) electrons. The molecule has 110 valence electrons. The number of carbonyl (C=O) groups is 1. The van der Waals surface area contributed by atoms with E-state index in [4.69, 9.17) is 4.84 Å². The molecule has 0 unspecified atom stereocenters. The molecule has 0 saturated heterocycles. The molecule has 1 aliphatic rings. The van der Waals surface area contributed by atoms with Crippen LogP contribution in [0.1, 0.15) is 11.1 Å². The number of benzene rings is 2. The Morgan fingerprint density at radius 1 is 1.14 bits per heavy atom. The molecule has 4 nitrogen and oxygen atoms in total. The first-order valence-electron chi connectivity index (χ1n) is 6.31. The fourth-order valence-electron chi connectivity index (χ4n) is 2.07. The fraction of sp³-hybridized carbons (Fsp3) is 0. The minimum Gasteiger partial charge on any atom is -0.506 e. The van der Waals surface area contributed by atoms with E-state index in [0.29, 0.717) is 21.3 Å². The van der Waals surface area contributed by atoms with Gasteiger partial charge in [-0.1, -0.05) is 51.4 Å². The van der Waals surface area contributed by atoms with Crippen LogP contribution in [-0.4, -0.2) is 16.8 Å². The van der Waals surface area contributed by atoms with Crippen LogP contribution in [0.2, 0.25) is 0 Å². The Hall–Kier alpha value is -1.92. The van der Waals surface area contributed by atoms with Crippen molar-refractivity contribution < 1.29 is 14.7 Å². The minimum atomic E-state index is -0.547. The maximum absolute atomic E-state index is 11.9. The third kappa shape index (κ3) is 2.84. The zero-order chi connectivity index (χ0) is 15.7. The summed E-state index contributed by atoms with van der Waals surface area (Å²) in [5.41, 5.74) is 2.00. The summed E-state index contributed by atoms with van der Waals surface area (Å²) in [6.07, 6.45) is 1.56. The number of carbonyl (C=O) groups excluding carboxylic acids is 1. The second kappa shape index (κ2) is 6.06. The quantitative estimate of drug-likeness (QED) is 0.581. The molecule has 6 heteroatoms. The van der Waals surface area contributed by atoms with Crippen LogP contribution in [0.4, 0.5) is 0 Å². The maximum Gasteiger partial charge on any atom is 0.368 e. The maximum atomic E-state index is 11.9. The Bertz CT molecular complexity index is 814. The van der Waals surface area contributed by atoms with E-state index in [0.717, 1.165) is 10.0 Å². The van der Waals surface area contributed by atoms with Gasteiger partial charge >= 0.3 is 5.97 Å². The standard InChI is InChI=1S/C16H9Br2NO3/c17-11-6-10(15(20)13(18)8-11)7-12-14(19-22-16(12)21)9-4-2-1-3-5-9/h1-8,20H/b12-7-. The van der Waals surface area contributed by atoms with E-state index >= 15 is 0 Å². The average molecular weight is 423 g/mol. The Balaban J connectivity index is 2.10. The van der Waals surface area contributed by atoms with Gasteiger partial charge in [0.25, 0.3) is 0 Å². The number of hydrogen-bond acceptors (Lipinski definition) is 4. The van der Waals surface area contributed by atoms with Crippen molar-refractivity contribution in [2.24, 2.45) is 5.16 Å². The van der Waals surface area contributed by atoms with Gasteiger partial charge in [0.1, 0.15) is 11.5 Å². The van der Waals surface area contributed by atoms with E-state index in [9.17, 15) is 9.90 Å². The largest absolute Gasteiger partial charge is 0.506 e. The average Bonchev–Trinajstić information content (AvgIpc) is 2.86. The summed E-state index contributed by atoms with van der Waals surface area (Å²) in [6, 6.07) is 12.7. The molecule has 0 bridgehead atoms. The number of aromatic hydroxyl groups is 1. The molecule has 0 saturated carbocycles. The topological polar surface area (TPSA) is 58.9 Å². The Labute approximate surface area is 143 Å². The van der Waals surface area contributed by atoms with Crippen molar-refractivity contribution in [1.82, 2.24) is 0 Å². The molecule has 1 N–H and O–H groups in total. The van der Waals surface area contributed by atoms with Gasteiger partial charge in [0.15, 0.2) is 0 Å². The summed E-state index contributed by atoms with van der Waals surface area (Å²) < 4.78 is 1.30. The van der Waals surface area contributed by atoms with E-state index in [1.54, 1.807) is 18.2 Å². The molecule has 0 spiro atoms. The lowest BCUT2D eigenvalue weighted by Crippen LogP contribution is -2.06. The van der Waals surface area contributed by atoms with Crippen molar-refractivity contribution in [3.8, 4) is 5.75 Å². The highest BCUT2D eigenvalue weighted by molar-refractivity contribution is 9.11. The van der Waals surface area contributed by atoms with E-state index in [1.807, 2.05) is 30.3 Å². The van der Waals surface area contributed by atoms with Crippen molar-refractivity contribution >= 4 is 49.6 Å². The molecule has 0 fully saturated rings. The summed E-state index contributed by atoms with van der Waals surface area (Å²) in [5.74, 6) is -0.503. The third-order valence-electron chi connectivity index (χ3n) is 3.10. The van der Waals surface area contributed by atoms with Crippen LogP contribution in [0.25, 0.3) is 6.08 Å². The molecule has 1 aliphatic heterocycles. The lowest BCUT2D eigenvalue weighted by atomic mass is 10.0. The number of hydrogen-bond donors (Lipinski definition) is 1. The molecule has 0 aliphatic carbocycles. The highest BCUT2D eigenvalue weighted by Crippen LogP contribution is 2.34. The highest BCUT2D eigenvalue weighted by Gasteiger charge is 2.27. The predicted octanol–water partition coefficient (Wildman–Crippen LogP) is 4.26. The summed E-state index contributed by atoms with van der Waals surface area (Å²) >= 11 is 6.62. The van der Waals surface area contributed by atoms with Crippen molar-refractivity contribution in [2.75, 3.05) is 0 Å². The third-order valence-corrected chi connectivity index (χ3v) is 4.16. The summed E-state index contributed by atoms with van der Waals surface area (Å²) in [6.45, 7) is 0. The van der Waals surface area contributed by atoms with E-state index in [1.165, 1.54) is 0 Å². The summed E-state index contributed by atoms with van der Waals surface area (Å²) in [4.78, 5) is 16.7. The van der Waals surface area contributed by atoms with Crippen LogP contribution < -0.4 is 0 Å². The number of halogens is 2. The van der Waals surface area contributed by atoms with E-state index < -0.39 is 5.97 Å². The molecule has 0 aromatic heterocycles.